The average Bonchev–Trinajstić information content (AvgIpc) is 2.93. The van der Waals surface area contributed by atoms with E-state index in [1.54, 1.807) is 12.1 Å². The van der Waals surface area contributed by atoms with E-state index in [9.17, 15) is 4.79 Å². The third kappa shape index (κ3) is 5.36. The smallest absolute Gasteiger partial charge is 0.354 e. The quantitative estimate of drug-likeness (QED) is 0.217. The summed E-state index contributed by atoms with van der Waals surface area (Å²) < 4.78 is 0. The number of aromatic carboxylic acids is 1. The second-order valence-corrected chi connectivity index (χ2v) is 7.77. The molecule has 36 heavy (non-hydrogen) atoms. The molecule has 6 rings (SSSR count). The van der Waals surface area contributed by atoms with Crippen LogP contribution in [0.15, 0.2) is 116 Å². The molecule has 0 amide bonds. The molecule has 0 spiro atoms. The molecule has 0 saturated heterocycles. The predicted molar refractivity (Wildman–Crippen MR) is 138 cm³/mol. The van der Waals surface area contributed by atoms with Crippen molar-refractivity contribution in [3.63, 3.8) is 0 Å². The number of rotatable bonds is 3. The van der Waals surface area contributed by atoms with Gasteiger partial charge in [0.05, 0.1) is 0 Å². The molecular weight excluding hydrogens is 627 g/mol. The van der Waals surface area contributed by atoms with Crippen molar-refractivity contribution >= 4 is 27.5 Å². The maximum absolute atomic E-state index is 10.1. The van der Waals surface area contributed by atoms with Gasteiger partial charge in [0, 0.05) is 44.4 Å². The Morgan fingerprint density at radius 2 is 1.25 bits per heavy atom. The molecule has 0 aliphatic rings. The number of hydrogen-bond donors (Lipinski definition) is 1. The van der Waals surface area contributed by atoms with Crippen LogP contribution in [-0.4, -0.2) is 26.0 Å². The van der Waals surface area contributed by atoms with Crippen molar-refractivity contribution in [2.24, 2.45) is 0 Å². The van der Waals surface area contributed by atoms with E-state index in [1.165, 1.54) is 23.0 Å². The molecule has 0 fully saturated rings. The first-order chi connectivity index (χ1) is 17.2. The normalized spacial score (nSPS) is 10.2. The number of hydrogen-bond acceptors (Lipinski definition) is 4. The summed E-state index contributed by atoms with van der Waals surface area (Å²) in [6.07, 6.45) is 5.16. The first kappa shape index (κ1) is 24.9. The molecule has 0 bridgehead atoms. The van der Waals surface area contributed by atoms with E-state index >= 15 is 0 Å². The minimum absolute atomic E-state index is 0. The van der Waals surface area contributed by atoms with E-state index in [0.29, 0.717) is 0 Å². The van der Waals surface area contributed by atoms with Crippen LogP contribution in [0.4, 0.5) is 0 Å². The van der Waals surface area contributed by atoms with E-state index < -0.39 is 5.97 Å². The summed E-state index contributed by atoms with van der Waals surface area (Å²) in [4.78, 5) is 22.9. The zero-order valence-corrected chi connectivity index (χ0v) is 21.4. The Balaban J connectivity index is 0.000000260. The number of carboxylic acids is 1. The monoisotopic (exact) mass is 647 g/mol. The van der Waals surface area contributed by atoms with Gasteiger partial charge in [-0.2, -0.15) is 0 Å². The van der Waals surface area contributed by atoms with E-state index in [0.717, 1.165) is 33.3 Å². The Kier molecular flexibility index (Phi) is 7.91. The third-order valence-electron chi connectivity index (χ3n) is 5.57. The Morgan fingerprint density at radius 3 is 1.81 bits per heavy atom. The minimum atomic E-state index is -0.990. The number of aromatic nitrogens is 3. The number of nitrogens with zero attached hydrogens (tertiary/aromatic N) is 3. The summed E-state index contributed by atoms with van der Waals surface area (Å²) in [6.45, 7) is 0. The van der Waals surface area contributed by atoms with Gasteiger partial charge in [0.2, 0.25) is 0 Å². The van der Waals surface area contributed by atoms with Crippen LogP contribution in [0.5, 0.6) is 0 Å². The van der Waals surface area contributed by atoms with E-state index in [4.69, 9.17) is 5.11 Å². The molecule has 3 aromatic heterocycles. The van der Waals surface area contributed by atoms with Gasteiger partial charge in [-0.1, -0.05) is 60.2 Å². The molecular formula is C30H20IrN3O2-. The van der Waals surface area contributed by atoms with Crippen molar-refractivity contribution in [2.45, 2.75) is 0 Å². The van der Waals surface area contributed by atoms with Gasteiger partial charge in [0.1, 0.15) is 5.69 Å². The molecule has 0 saturated carbocycles. The van der Waals surface area contributed by atoms with Crippen LogP contribution in [0.25, 0.3) is 44.1 Å². The van der Waals surface area contributed by atoms with Crippen molar-refractivity contribution in [3.05, 3.63) is 127 Å². The van der Waals surface area contributed by atoms with Crippen LogP contribution in [0.3, 0.4) is 0 Å². The summed E-state index contributed by atoms with van der Waals surface area (Å²) in [6, 6.07) is 35.0. The van der Waals surface area contributed by atoms with Crippen molar-refractivity contribution in [1.82, 2.24) is 15.0 Å². The van der Waals surface area contributed by atoms with Gasteiger partial charge in [-0.15, -0.1) is 29.8 Å². The van der Waals surface area contributed by atoms with Gasteiger partial charge >= 0.3 is 5.97 Å². The Hall–Kier alpha value is -4.25. The topological polar surface area (TPSA) is 76.0 Å². The molecule has 6 aromatic rings. The molecule has 5 nitrogen and oxygen atoms in total. The fraction of sp³-hybridized carbons (Fsp3) is 0. The molecule has 3 aromatic carbocycles. The fourth-order valence-electron chi connectivity index (χ4n) is 3.89. The molecule has 3 heterocycles. The molecule has 1 radical (unpaired) electrons. The second kappa shape index (κ2) is 11.5. The predicted octanol–water partition coefficient (Wildman–Crippen LogP) is 6.69. The number of pyridine rings is 3. The number of carboxylic acid groups (broad SMARTS) is 1. The van der Waals surface area contributed by atoms with Gasteiger partial charge in [-0.3, -0.25) is 4.98 Å². The van der Waals surface area contributed by atoms with Crippen LogP contribution < -0.4 is 0 Å². The molecule has 177 valence electrons. The second-order valence-electron chi connectivity index (χ2n) is 7.77. The SMILES string of the molecule is O=C(O)c1ccccn1.[Ir].[c-]1cc(-c2nccc3ccccc23)ccc1-c1nccc2ccccc12. The molecule has 1 N–H and O–H groups in total. The maximum atomic E-state index is 10.1. The zero-order valence-electron chi connectivity index (χ0n) is 19.0. The standard InChI is InChI=1S/C24H15N2.C6H5NO2.Ir/c1-3-7-21-17(5-1)13-15-25-23(21)19-9-11-20(12-10-19)24-22-8-4-2-6-18(22)14-16-26-24;8-6(9)5-3-1-2-4-7-5;/h1-11,13-16H;1-4H,(H,8,9);/q-1;;. The number of carbonyl (C=O) groups is 1. The maximum Gasteiger partial charge on any atom is 0.354 e. The average molecular weight is 647 g/mol. The van der Waals surface area contributed by atoms with Gasteiger partial charge in [-0.05, 0) is 51.5 Å². The van der Waals surface area contributed by atoms with Gasteiger partial charge in [-0.25, -0.2) is 9.78 Å². The number of fused-ring (bicyclic) bond motifs is 2. The Labute approximate surface area is 221 Å². The van der Waals surface area contributed by atoms with Crippen molar-refractivity contribution in [3.8, 4) is 22.5 Å². The van der Waals surface area contributed by atoms with E-state index in [-0.39, 0.29) is 25.8 Å². The Morgan fingerprint density at radius 1 is 0.639 bits per heavy atom. The van der Waals surface area contributed by atoms with E-state index in [1.807, 2.05) is 54.9 Å². The van der Waals surface area contributed by atoms with Crippen molar-refractivity contribution in [2.75, 3.05) is 0 Å². The van der Waals surface area contributed by atoms with Gasteiger partial charge in [0.25, 0.3) is 0 Å². The van der Waals surface area contributed by atoms with Crippen LogP contribution in [0.1, 0.15) is 10.5 Å². The van der Waals surface area contributed by atoms with Crippen LogP contribution in [0.2, 0.25) is 0 Å². The van der Waals surface area contributed by atoms with Crippen LogP contribution in [-0.2, 0) is 20.1 Å². The zero-order chi connectivity index (χ0) is 24.0. The summed E-state index contributed by atoms with van der Waals surface area (Å²) in [7, 11) is 0. The third-order valence-corrected chi connectivity index (χ3v) is 5.57. The van der Waals surface area contributed by atoms with Crippen LogP contribution in [0, 0.1) is 6.07 Å². The fourth-order valence-corrected chi connectivity index (χ4v) is 3.89. The first-order valence-corrected chi connectivity index (χ1v) is 11.0. The van der Waals surface area contributed by atoms with Gasteiger partial charge < -0.3 is 10.1 Å². The first-order valence-electron chi connectivity index (χ1n) is 11.0. The molecule has 6 heteroatoms. The summed E-state index contributed by atoms with van der Waals surface area (Å²) in [5.41, 5.74) is 4.08. The van der Waals surface area contributed by atoms with E-state index in [2.05, 4.69) is 57.4 Å². The molecule has 0 atom stereocenters. The summed E-state index contributed by atoms with van der Waals surface area (Å²) in [5, 5.41) is 13.0. The van der Waals surface area contributed by atoms with Crippen molar-refractivity contribution in [1.29, 1.82) is 0 Å². The molecule has 0 unspecified atom stereocenters. The minimum Gasteiger partial charge on any atom is -0.477 e. The molecule has 0 aliphatic carbocycles. The largest absolute Gasteiger partial charge is 0.477 e. The van der Waals surface area contributed by atoms with Gasteiger partial charge in [0.15, 0.2) is 0 Å². The van der Waals surface area contributed by atoms with Crippen LogP contribution >= 0.6 is 0 Å². The Bertz CT molecular complexity index is 1510. The van der Waals surface area contributed by atoms with Crippen molar-refractivity contribution < 1.29 is 30.0 Å². The number of benzene rings is 3. The molecule has 0 aliphatic heterocycles. The summed E-state index contributed by atoms with van der Waals surface area (Å²) >= 11 is 0. The summed E-state index contributed by atoms with van der Waals surface area (Å²) in [5.74, 6) is -0.990.